The number of pyridine rings is 1. The predicted molar refractivity (Wildman–Crippen MR) is 204 cm³/mol. The molecule has 2 saturated carbocycles. The molecule has 2 aromatic rings. The quantitative estimate of drug-likeness (QED) is 0.303. The van der Waals surface area contributed by atoms with Crippen molar-refractivity contribution < 1.29 is 46.5 Å². The second-order valence-electron chi connectivity index (χ2n) is 15.6. The van der Waals surface area contributed by atoms with E-state index in [2.05, 4.69) is 9.71 Å². The number of carbonyl (C=O) groups excluding carboxylic acids is 4. The molecule has 5 bridgehead atoms. The predicted octanol–water partition coefficient (Wildman–Crippen LogP) is 5.44. The molecule has 13 nitrogen and oxygen atoms in total. The molecule has 1 aromatic heterocycles. The van der Waals surface area contributed by atoms with Crippen molar-refractivity contribution in [1.82, 2.24) is 14.6 Å². The summed E-state index contributed by atoms with van der Waals surface area (Å²) in [4.78, 5) is 62.3. The average molecular weight is 778 g/mol. The van der Waals surface area contributed by atoms with Crippen molar-refractivity contribution in [3.05, 3.63) is 42.0 Å². The van der Waals surface area contributed by atoms with Crippen LogP contribution in [0.2, 0.25) is 0 Å². The minimum absolute atomic E-state index is 0.0639. The van der Waals surface area contributed by atoms with Crippen LogP contribution in [0.15, 0.2) is 36.4 Å². The number of nitrogens with one attached hydrogen (secondary N) is 1. The van der Waals surface area contributed by atoms with Crippen LogP contribution < -0.4 is 18.9 Å². The Morgan fingerprint density at radius 1 is 0.982 bits per heavy atom. The number of hydrogen-bond donors (Lipinski definition) is 1. The topological polar surface area (TPSA) is 167 Å². The third-order valence-corrected chi connectivity index (χ3v) is 13.5. The number of carbonyl (C=O) groups is 4. The number of ketones is 1. The number of allylic oxidation sites excluding steroid dienone is 3. The van der Waals surface area contributed by atoms with Crippen molar-refractivity contribution in [3.8, 4) is 17.4 Å². The normalized spacial score (nSPS) is 29.3. The molecule has 2 aliphatic carbocycles. The zero-order valence-electron chi connectivity index (χ0n) is 31.6. The van der Waals surface area contributed by atoms with Crippen LogP contribution in [0.3, 0.4) is 0 Å². The van der Waals surface area contributed by atoms with Gasteiger partial charge in [-0.1, -0.05) is 37.1 Å². The molecule has 3 fully saturated rings. The molecule has 5 atom stereocenters. The number of nitrogens with zero attached hydrogens (tertiary/aromatic N) is 2. The number of methoxy groups -OCH3 is 2. The number of Topliss-reactive ketones (excluding diaryl/α,β-unsaturated/α-hetero) is 1. The number of fused-ring (bicyclic) bond motifs is 4. The van der Waals surface area contributed by atoms with Crippen LogP contribution in [0.1, 0.15) is 95.5 Å². The van der Waals surface area contributed by atoms with Gasteiger partial charge in [-0.25, -0.2) is 13.4 Å². The maximum absolute atomic E-state index is 14.6. The molecule has 0 unspecified atom stereocenters. The van der Waals surface area contributed by atoms with Crippen molar-refractivity contribution in [2.45, 2.75) is 107 Å². The fraction of sp³-hybridized carbons (Fsp3) is 0.585. The maximum Gasteiger partial charge on any atom is 0.306 e. The Labute approximate surface area is 322 Å². The molecular formula is C41H51N3O10S. The lowest BCUT2D eigenvalue weighted by Crippen LogP contribution is -2.46. The van der Waals surface area contributed by atoms with E-state index < -0.39 is 50.6 Å². The molecule has 4 heterocycles. The number of benzene rings is 1. The lowest BCUT2D eigenvalue weighted by Gasteiger charge is -2.29. The summed E-state index contributed by atoms with van der Waals surface area (Å²) in [5.74, 6) is -1.43. The molecule has 2 amide bonds. The van der Waals surface area contributed by atoms with Gasteiger partial charge < -0.3 is 23.8 Å². The van der Waals surface area contributed by atoms with Crippen LogP contribution >= 0.6 is 0 Å². The number of rotatable bonds is 5. The Kier molecular flexibility index (Phi) is 11.5. The first-order chi connectivity index (χ1) is 26.5. The van der Waals surface area contributed by atoms with E-state index >= 15 is 0 Å². The monoisotopic (exact) mass is 777 g/mol. The van der Waals surface area contributed by atoms with Crippen molar-refractivity contribution in [1.29, 1.82) is 0 Å². The highest BCUT2D eigenvalue weighted by molar-refractivity contribution is 7.90. The van der Waals surface area contributed by atoms with Gasteiger partial charge in [0.05, 0.1) is 56.0 Å². The highest BCUT2D eigenvalue weighted by Gasteiger charge is 2.61. The summed E-state index contributed by atoms with van der Waals surface area (Å²) in [5, 5.41) is 0.0974. The van der Waals surface area contributed by atoms with Crippen LogP contribution in [0.5, 0.6) is 17.4 Å². The zero-order valence-corrected chi connectivity index (χ0v) is 32.4. The number of esters is 1. The van der Waals surface area contributed by atoms with Crippen molar-refractivity contribution in [3.63, 3.8) is 0 Å². The Bertz CT molecular complexity index is 1990. The molecule has 7 rings (SSSR count). The Hall–Kier alpha value is -4.46. The van der Waals surface area contributed by atoms with Gasteiger partial charge in [0.25, 0.3) is 0 Å². The second-order valence-corrected chi connectivity index (χ2v) is 17.6. The number of sulfonamides is 1. The van der Waals surface area contributed by atoms with Gasteiger partial charge in [-0.2, -0.15) is 0 Å². The molecule has 5 aliphatic rings. The van der Waals surface area contributed by atoms with Crippen molar-refractivity contribution in [2.24, 2.45) is 17.3 Å². The first-order valence-corrected chi connectivity index (χ1v) is 21.2. The van der Waals surface area contributed by atoms with E-state index in [9.17, 15) is 27.6 Å². The number of hydrogen-bond acceptors (Lipinski definition) is 11. The van der Waals surface area contributed by atoms with Crippen LogP contribution in [0.25, 0.3) is 17.0 Å². The summed E-state index contributed by atoms with van der Waals surface area (Å²) in [6.07, 6.45) is 14.2. The smallest absolute Gasteiger partial charge is 0.306 e. The van der Waals surface area contributed by atoms with Crippen molar-refractivity contribution >= 4 is 50.6 Å². The van der Waals surface area contributed by atoms with Gasteiger partial charge in [-0.05, 0) is 69.8 Å². The van der Waals surface area contributed by atoms with E-state index in [4.69, 9.17) is 18.9 Å². The molecule has 3 aliphatic heterocycles. The van der Waals surface area contributed by atoms with Crippen LogP contribution in [-0.4, -0.2) is 86.6 Å². The third-order valence-electron chi connectivity index (χ3n) is 11.7. The minimum Gasteiger partial charge on any atom is -0.496 e. The fourth-order valence-electron chi connectivity index (χ4n) is 8.25. The molecule has 0 spiro atoms. The van der Waals surface area contributed by atoms with E-state index in [0.717, 1.165) is 37.7 Å². The van der Waals surface area contributed by atoms with Gasteiger partial charge in [-0.15, -0.1) is 0 Å². The van der Waals surface area contributed by atoms with Gasteiger partial charge in [0.1, 0.15) is 17.6 Å². The van der Waals surface area contributed by atoms with Gasteiger partial charge in [-0.3, -0.25) is 23.9 Å². The fourth-order valence-corrected chi connectivity index (χ4v) is 9.63. The van der Waals surface area contributed by atoms with E-state index in [1.165, 1.54) is 12.0 Å². The highest BCUT2D eigenvalue weighted by Crippen LogP contribution is 2.57. The summed E-state index contributed by atoms with van der Waals surface area (Å²) < 4.78 is 51.6. The van der Waals surface area contributed by atoms with Gasteiger partial charge >= 0.3 is 5.97 Å². The van der Waals surface area contributed by atoms with Gasteiger partial charge in [0.15, 0.2) is 5.78 Å². The summed E-state index contributed by atoms with van der Waals surface area (Å²) in [6.45, 7) is 0.299. The summed E-state index contributed by atoms with van der Waals surface area (Å²) >= 11 is 0. The molecular weight excluding hydrogens is 727 g/mol. The summed E-state index contributed by atoms with van der Waals surface area (Å²) in [6, 6.07) is 4.47. The SMILES string of the molecule is COc1cc2c3cc(c(OC)cc3n1)/C=C/CCCCOC(=O)C[C@H]1CCCCC/C=C\[C@H]3C[C@@]3(C(=O)NS(=O)(=O)C3CC3)CC(=O)[C@@H]3C[C@H](CN3C1=O)O2. The van der Waals surface area contributed by atoms with Crippen LogP contribution in [-0.2, 0) is 33.9 Å². The first-order valence-electron chi connectivity index (χ1n) is 19.6. The Morgan fingerprint density at radius 2 is 1.78 bits per heavy atom. The lowest BCUT2D eigenvalue weighted by molar-refractivity contribution is -0.150. The number of aromatic nitrogens is 1. The lowest BCUT2D eigenvalue weighted by atomic mass is 9.90. The maximum atomic E-state index is 14.6. The first kappa shape index (κ1) is 38.8. The minimum atomic E-state index is -3.85. The molecule has 296 valence electrons. The van der Waals surface area contributed by atoms with E-state index in [1.54, 1.807) is 13.2 Å². The van der Waals surface area contributed by atoms with E-state index in [0.29, 0.717) is 66.8 Å². The highest BCUT2D eigenvalue weighted by atomic mass is 32.2. The molecule has 1 N–H and O–H groups in total. The van der Waals surface area contributed by atoms with E-state index in [1.807, 2.05) is 36.4 Å². The Morgan fingerprint density at radius 3 is 2.56 bits per heavy atom. The largest absolute Gasteiger partial charge is 0.496 e. The molecule has 55 heavy (non-hydrogen) atoms. The van der Waals surface area contributed by atoms with Crippen LogP contribution in [0, 0.1) is 17.3 Å². The molecule has 14 heteroatoms. The molecule has 0 radical (unpaired) electrons. The summed E-state index contributed by atoms with van der Waals surface area (Å²) in [7, 11) is -0.748. The Balaban J connectivity index is 1.26. The van der Waals surface area contributed by atoms with Crippen LogP contribution in [0.4, 0.5) is 0 Å². The molecule has 1 saturated heterocycles. The summed E-state index contributed by atoms with van der Waals surface area (Å²) in [5.41, 5.74) is 0.144. The third kappa shape index (κ3) is 8.69. The number of cyclic esters (lactones) is 1. The molecule has 1 aromatic carbocycles. The standard InChI is InChI=1S/C41H51N3O10S/c1-51-35-21-32-31-18-26(35)12-8-6-7-11-17-53-38(46)19-27-13-9-4-3-5-10-14-28-23-41(28,40(48)43-55(49,50)30-15-16-30)24-34(45)33-20-29(25-44(33)39(27)47)54-36(31)22-37(42-32)52-2/h8,10,12,14,18,21-22,27-30,33H,3-7,9,11,13,15-17,19-20,23-25H2,1-2H3,(H,43,48)/b12-8+,14-10-/t27-,28+,29-,33+,41-/m1/s1. The zero-order chi connectivity index (χ0) is 38.7. The number of amides is 2. The van der Waals surface area contributed by atoms with Gasteiger partial charge in [0, 0.05) is 41.8 Å². The number of ether oxygens (including phenoxy) is 4. The average Bonchev–Trinajstić information content (AvgIpc) is 4.09. The van der Waals surface area contributed by atoms with Crippen molar-refractivity contribution in [2.75, 3.05) is 27.4 Å². The second kappa shape index (κ2) is 16.3. The van der Waals surface area contributed by atoms with E-state index in [-0.39, 0.29) is 50.0 Å². The van der Waals surface area contributed by atoms with Gasteiger partial charge in [0.2, 0.25) is 27.7 Å².